The Morgan fingerprint density at radius 1 is 1.45 bits per heavy atom. The first-order chi connectivity index (χ1) is 10.5. The first-order valence-corrected chi connectivity index (χ1v) is 9.68. The second-order valence-corrected chi connectivity index (χ2v) is 8.59. The van der Waals surface area contributed by atoms with Crippen molar-refractivity contribution in [2.24, 2.45) is 0 Å². The summed E-state index contributed by atoms with van der Waals surface area (Å²) >= 11 is 6.20. The number of rotatable bonds is 5. The average molecular weight is 342 g/mol. The molecule has 1 saturated heterocycles. The van der Waals surface area contributed by atoms with Crippen LogP contribution < -0.4 is 4.74 Å². The van der Waals surface area contributed by atoms with Gasteiger partial charge < -0.3 is 4.74 Å². The standard InChI is InChI=1S/C16H20ClNO3S/c1-2-5-18(15-4-7-22(19,20)11-15)10-13-9-14(17)8-12-3-6-21-16(12)13/h2,8-9,15H,1,3-7,10-11H2/t15-/m1/s1. The summed E-state index contributed by atoms with van der Waals surface area (Å²) in [4.78, 5) is 2.16. The van der Waals surface area contributed by atoms with Gasteiger partial charge in [-0.3, -0.25) is 4.90 Å². The van der Waals surface area contributed by atoms with Crippen LogP contribution >= 0.6 is 11.6 Å². The highest BCUT2D eigenvalue weighted by atomic mass is 35.5. The molecule has 1 atom stereocenters. The number of nitrogens with zero attached hydrogens (tertiary/aromatic N) is 1. The quantitative estimate of drug-likeness (QED) is 0.772. The van der Waals surface area contributed by atoms with Crippen LogP contribution in [0, 0.1) is 0 Å². The molecule has 4 nitrogen and oxygen atoms in total. The Morgan fingerprint density at radius 2 is 2.27 bits per heavy atom. The number of hydrogen-bond donors (Lipinski definition) is 0. The van der Waals surface area contributed by atoms with Crippen LogP contribution in [0.15, 0.2) is 24.8 Å². The SMILES string of the molecule is C=CCN(Cc1cc(Cl)cc2c1OCC2)[C@@H]1CCS(=O)(=O)C1. The van der Waals surface area contributed by atoms with Crippen molar-refractivity contribution in [1.82, 2.24) is 4.90 Å². The molecule has 0 radical (unpaired) electrons. The zero-order chi connectivity index (χ0) is 15.7. The Balaban J connectivity index is 1.84. The summed E-state index contributed by atoms with van der Waals surface area (Å²) < 4.78 is 29.2. The van der Waals surface area contributed by atoms with Gasteiger partial charge in [-0.25, -0.2) is 8.42 Å². The van der Waals surface area contributed by atoms with Gasteiger partial charge in [-0.05, 0) is 24.1 Å². The molecule has 2 aliphatic rings. The third-order valence-electron chi connectivity index (χ3n) is 4.29. The van der Waals surface area contributed by atoms with Gasteiger partial charge in [0.05, 0.1) is 18.1 Å². The topological polar surface area (TPSA) is 46.6 Å². The molecule has 3 rings (SSSR count). The zero-order valence-corrected chi connectivity index (χ0v) is 14.0. The summed E-state index contributed by atoms with van der Waals surface area (Å²) in [5, 5.41) is 0.705. The van der Waals surface area contributed by atoms with Crippen LogP contribution in [-0.2, 0) is 22.8 Å². The van der Waals surface area contributed by atoms with Crippen molar-refractivity contribution in [1.29, 1.82) is 0 Å². The number of ether oxygens (including phenoxy) is 1. The Labute approximate surface area is 136 Å². The lowest BCUT2D eigenvalue weighted by atomic mass is 10.1. The fourth-order valence-electron chi connectivity index (χ4n) is 3.25. The highest BCUT2D eigenvalue weighted by Crippen LogP contribution is 2.34. The molecular weight excluding hydrogens is 322 g/mol. The van der Waals surface area contributed by atoms with Gasteiger partial charge in [0.1, 0.15) is 5.75 Å². The lowest BCUT2D eigenvalue weighted by Gasteiger charge is -2.27. The van der Waals surface area contributed by atoms with E-state index < -0.39 is 9.84 Å². The molecule has 0 unspecified atom stereocenters. The van der Waals surface area contributed by atoms with Gasteiger partial charge in [-0.15, -0.1) is 6.58 Å². The van der Waals surface area contributed by atoms with Crippen molar-refractivity contribution in [2.75, 3.05) is 24.7 Å². The monoisotopic (exact) mass is 341 g/mol. The van der Waals surface area contributed by atoms with Gasteiger partial charge in [0.25, 0.3) is 0 Å². The van der Waals surface area contributed by atoms with Crippen molar-refractivity contribution >= 4 is 21.4 Å². The van der Waals surface area contributed by atoms with Crippen molar-refractivity contribution in [2.45, 2.75) is 25.4 Å². The summed E-state index contributed by atoms with van der Waals surface area (Å²) in [5.74, 6) is 1.42. The van der Waals surface area contributed by atoms with Crippen LogP contribution in [0.3, 0.4) is 0 Å². The van der Waals surface area contributed by atoms with E-state index in [1.165, 1.54) is 0 Å². The number of fused-ring (bicyclic) bond motifs is 1. The molecule has 22 heavy (non-hydrogen) atoms. The summed E-state index contributed by atoms with van der Waals surface area (Å²) in [7, 11) is -2.90. The molecule has 1 aromatic carbocycles. The van der Waals surface area contributed by atoms with E-state index in [1.807, 2.05) is 18.2 Å². The van der Waals surface area contributed by atoms with E-state index in [9.17, 15) is 8.42 Å². The summed E-state index contributed by atoms with van der Waals surface area (Å²) in [6.07, 6.45) is 3.37. The molecule has 0 aromatic heterocycles. The number of hydrogen-bond acceptors (Lipinski definition) is 4. The van der Waals surface area contributed by atoms with E-state index >= 15 is 0 Å². The van der Waals surface area contributed by atoms with Gasteiger partial charge >= 0.3 is 0 Å². The van der Waals surface area contributed by atoms with E-state index in [4.69, 9.17) is 16.3 Å². The van der Waals surface area contributed by atoms with Crippen LogP contribution in [0.1, 0.15) is 17.5 Å². The van der Waals surface area contributed by atoms with Crippen LogP contribution in [0.2, 0.25) is 5.02 Å². The summed E-state index contributed by atoms with van der Waals surface area (Å²) in [5.41, 5.74) is 2.17. The summed E-state index contributed by atoms with van der Waals surface area (Å²) in [6.45, 7) is 5.76. The van der Waals surface area contributed by atoms with E-state index in [0.717, 1.165) is 23.3 Å². The number of sulfone groups is 1. The molecule has 120 valence electrons. The van der Waals surface area contributed by atoms with Crippen LogP contribution in [0.5, 0.6) is 5.75 Å². The van der Waals surface area contributed by atoms with Crippen molar-refractivity contribution < 1.29 is 13.2 Å². The first-order valence-electron chi connectivity index (χ1n) is 7.48. The third kappa shape index (κ3) is 3.31. The minimum absolute atomic E-state index is 0.0408. The highest BCUT2D eigenvalue weighted by molar-refractivity contribution is 7.91. The lowest BCUT2D eigenvalue weighted by Crippen LogP contribution is -2.36. The molecule has 1 fully saturated rings. The van der Waals surface area contributed by atoms with E-state index in [-0.39, 0.29) is 17.5 Å². The molecule has 0 saturated carbocycles. The molecule has 0 spiro atoms. The zero-order valence-electron chi connectivity index (χ0n) is 12.4. The van der Waals surface area contributed by atoms with E-state index in [0.29, 0.717) is 31.1 Å². The van der Waals surface area contributed by atoms with Crippen molar-refractivity contribution in [3.8, 4) is 5.75 Å². The third-order valence-corrected chi connectivity index (χ3v) is 6.26. The number of halogens is 1. The summed E-state index contributed by atoms with van der Waals surface area (Å²) in [6, 6.07) is 3.91. The number of benzene rings is 1. The normalized spacial score (nSPS) is 22.5. The molecule has 2 aliphatic heterocycles. The Morgan fingerprint density at radius 3 is 2.95 bits per heavy atom. The Hall–Kier alpha value is -1.04. The van der Waals surface area contributed by atoms with E-state index in [2.05, 4.69) is 11.5 Å². The Kier molecular flexibility index (Phi) is 4.48. The second-order valence-electron chi connectivity index (χ2n) is 5.93. The largest absolute Gasteiger partial charge is 0.493 e. The van der Waals surface area contributed by atoms with Gasteiger partial charge in [0.15, 0.2) is 9.84 Å². The van der Waals surface area contributed by atoms with Gasteiger partial charge in [0.2, 0.25) is 0 Å². The predicted octanol–water partition coefficient (Wildman–Crippen LogP) is 2.45. The van der Waals surface area contributed by atoms with E-state index in [1.54, 1.807) is 0 Å². The first kappa shape index (κ1) is 15.8. The van der Waals surface area contributed by atoms with Gasteiger partial charge in [0, 0.05) is 36.1 Å². The highest BCUT2D eigenvalue weighted by Gasteiger charge is 2.32. The minimum Gasteiger partial charge on any atom is -0.493 e. The van der Waals surface area contributed by atoms with Crippen LogP contribution in [0.25, 0.3) is 0 Å². The fourth-order valence-corrected chi connectivity index (χ4v) is 5.28. The maximum Gasteiger partial charge on any atom is 0.151 e. The predicted molar refractivity (Wildman–Crippen MR) is 88.3 cm³/mol. The van der Waals surface area contributed by atoms with Crippen LogP contribution in [-0.4, -0.2) is 44.0 Å². The van der Waals surface area contributed by atoms with Gasteiger partial charge in [-0.2, -0.15) is 0 Å². The molecule has 6 heteroatoms. The van der Waals surface area contributed by atoms with Gasteiger partial charge in [-0.1, -0.05) is 17.7 Å². The molecule has 0 amide bonds. The molecular formula is C16H20ClNO3S. The minimum atomic E-state index is -2.90. The van der Waals surface area contributed by atoms with Crippen molar-refractivity contribution in [3.63, 3.8) is 0 Å². The molecule has 0 N–H and O–H groups in total. The van der Waals surface area contributed by atoms with Crippen LogP contribution in [0.4, 0.5) is 0 Å². The maximum atomic E-state index is 11.7. The molecule has 0 bridgehead atoms. The van der Waals surface area contributed by atoms with Crippen molar-refractivity contribution in [3.05, 3.63) is 40.9 Å². The molecule has 0 aliphatic carbocycles. The second kappa shape index (κ2) is 6.22. The average Bonchev–Trinajstić information content (AvgIpc) is 3.04. The molecule has 1 aromatic rings. The molecule has 2 heterocycles. The lowest BCUT2D eigenvalue weighted by molar-refractivity contribution is 0.223. The maximum absolute atomic E-state index is 11.7. The fraction of sp³-hybridized carbons (Fsp3) is 0.500. The Bertz CT molecular complexity index is 687. The smallest absolute Gasteiger partial charge is 0.151 e.